The zero-order valence-corrected chi connectivity index (χ0v) is 14.8. The Kier molecular flexibility index (Phi) is 6.13. The minimum absolute atomic E-state index is 0.0262. The lowest BCUT2D eigenvalue weighted by Crippen LogP contribution is -2.30. The van der Waals surface area contributed by atoms with Crippen molar-refractivity contribution in [2.75, 3.05) is 33.1 Å². The van der Waals surface area contributed by atoms with Crippen LogP contribution in [0.2, 0.25) is 0 Å². The summed E-state index contributed by atoms with van der Waals surface area (Å²) < 4.78 is 7.05. The quantitative estimate of drug-likeness (QED) is 0.774. The van der Waals surface area contributed by atoms with Crippen LogP contribution in [0.15, 0.2) is 36.7 Å². The summed E-state index contributed by atoms with van der Waals surface area (Å²) in [5.41, 5.74) is 1.42. The van der Waals surface area contributed by atoms with Gasteiger partial charge in [-0.05, 0) is 31.3 Å². The highest BCUT2D eigenvalue weighted by Crippen LogP contribution is 2.18. The number of aryl methyl sites for hydroxylation is 1. The molecule has 0 saturated heterocycles. The fraction of sp³-hybridized carbons (Fsp3) is 0.353. The number of hydrogen-bond donors (Lipinski definition) is 2. The van der Waals surface area contributed by atoms with Crippen molar-refractivity contribution in [3.63, 3.8) is 0 Å². The Morgan fingerprint density at radius 1 is 1.28 bits per heavy atom. The molecule has 2 N–H and O–H groups in total. The van der Waals surface area contributed by atoms with E-state index in [-0.39, 0.29) is 18.4 Å². The van der Waals surface area contributed by atoms with Crippen LogP contribution in [0.4, 0.5) is 5.69 Å². The normalized spacial score (nSPS) is 11.7. The van der Waals surface area contributed by atoms with Gasteiger partial charge in [-0.25, -0.2) is 0 Å². The minimum atomic E-state index is -0.498. The van der Waals surface area contributed by atoms with E-state index >= 15 is 0 Å². The first-order valence-electron chi connectivity index (χ1n) is 7.80. The summed E-state index contributed by atoms with van der Waals surface area (Å²) in [4.78, 5) is 25.4. The number of carbonyl (C=O) groups excluding carboxylic acids is 2. The van der Waals surface area contributed by atoms with Crippen LogP contribution in [0, 0.1) is 0 Å². The summed E-state index contributed by atoms with van der Waals surface area (Å²) in [6.07, 6.45) is 3.44. The standard InChI is InChI=1S/C17H23N5O3/c1-18-16(12-9-19-22(4)10-12)17(24)20-13-5-7-14(8-6-13)25-11-15(23)21(2)3/h5-10,16,18H,11H2,1-4H3,(H,20,24). The lowest BCUT2D eigenvalue weighted by Gasteiger charge is -2.15. The molecule has 0 aliphatic rings. The highest BCUT2D eigenvalue weighted by Gasteiger charge is 2.20. The van der Waals surface area contributed by atoms with Gasteiger partial charge in [0, 0.05) is 38.6 Å². The average molecular weight is 345 g/mol. The van der Waals surface area contributed by atoms with E-state index < -0.39 is 6.04 Å². The molecule has 25 heavy (non-hydrogen) atoms. The van der Waals surface area contributed by atoms with E-state index in [2.05, 4.69) is 15.7 Å². The molecule has 134 valence electrons. The molecule has 0 spiro atoms. The number of likely N-dealkylation sites (N-methyl/N-ethyl adjacent to an activating group) is 2. The van der Waals surface area contributed by atoms with Crippen molar-refractivity contribution in [1.29, 1.82) is 0 Å². The van der Waals surface area contributed by atoms with Crippen molar-refractivity contribution in [2.45, 2.75) is 6.04 Å². The maximum Gasteiger partial charge on any atom is 0.259 e. The van der Waals surface area contributed by atoms with Crippen LogP contribution in [0.1, 0.15) is 11.6 Å². The number of aromatic nitrogens is 2. The maximum absolute atomic E-state index is 12.4. The summed E-state index contributed by atoms with van der Waals surface area (Å²) in [7, 11) is 6.86. The fourth-order valence-corrected chi connectivity index (χ4v) is 2.16. The Balaban J connectivity index is 1.95. The molecular formula is C17H23N5O3. The lowest BCUT2D eigenvalue weighted by molar-refractivity contribution is -0.130. The van der Waals surface area contributed by atoms with Gasteiger partial charge in [-0.15, -0.1) is 0 Å². The third kappa shape index (κ3) is 5.05. The molecule has 1 aromatic heterocycles. The van der Waals surface area contributed by atoms with Gasteiger partial charge in [-0.2, -0.15) is 5.10 Å². The smallest absolute Gasteiger partial charge is 0.259 e. The number of benzene rings is 1. The van der Waals surface area contributed by atoms with E-state index in [0.717, 1.165) is 5.56 Å². The van der Waals surface area contributed by atoms with Gasteiger partial charge in [0.2, 0.25) is 5.91 Å². The van der Waals surface area contributed by atoms with Gasteiger partial charge in [-0.1, -0.05) is 0 Å². The van der Waals surface area contributed by atoms with Crippen molar-refractivity contribution in [2.24, 2.45) is 7.05 Å². The maximum atomic E-state index is 12.4. The highest BCUT2D eigenvalue weighted by molar-refractivity contribution is 5.95. The van der Waals surface area contributed by atoms with E-state index in [9.17, 15) is 9.59 Å². The Labute approximate surface area is 146 Å². The van der Waals surface area contributed by atoms with Crippen molar-refractivity contribution in [3.8, 4) is 5.75 Å². The number of hydrogen-bond acceptors (Lipinski definition) is 5. The average Bonchev–Trinajstić information content (AvgIpc) is 3.00. The van der Waals surface area contributed by atoms with Crippen LogP contribution in [0.5, 0.6) is 5.75 Å². The number of anilines is 1. The molecule has 0 aliphatic carbocycles. The molecule has 0 aliphatic heterocycles. The third-order valence-corrected chi connectivity index (χ3v) is 3.59. The second-order valence-electron chi connectivity index (χ2n) is 5.76. The summed E-state index contributed by atoms with van der Waals surface area (Å²) >= 11 is 0. The number of nitrogens with zero attached hydrogens (tertiary/aromatic N) is 3. The molecule has 8 nitrogen and oxygen atoms in total. The van der Waals surface area contributed by atoms with E-state index in [1.807, 2.05) is 0 Å². The first-order chi connectivity index (χ1) is 11.9. The summed E-state index contributed by atoms with van der Waals surface area (Å²) in [5, 5.41) is 9.90. The number of amides is 2. The Bertz CT molecular complexity index is 724. The molecular weight excluding hydrogens is 322 g/mol. The monoisotopic (exact) mass is 345 g/mol. The largest absolute Gasteiger partial charge is 0.484 e. The van der Waals surface area contributed by atoms with Crippen LogP contribution < -0.4 is 15.4 Å². The van der Waals surface area contributed by atoms with E-state index in [1.165, 1.54) is 4.90 Å². The summed E-state index contributed by atoms with van der Waals surface area (Å²) in [6.45, 7) is -0.0262. The van der Waals surface area contributed by atoms with Gasteiger partial charge in [0.15, 0.2) is 6.61 Å². The van der Waals surface area contributed by atoms with Gasteiger partial charge < -0.3 is 20.3 Å². The number of carbonyl (C=O) groups is 2. The minimum Gasteiger partial charge on any atom is -0.484 e. The summed E-state index contributed by atoms with van der Waals surface area (Å²) in [6, 6.07) is 6.36. The third-order valence-electron chi connectivity index (χ3n) is 3.59. The van der Waals surface area contributed by atoms with Crippen LogP contribution >= 0.6 is 0 Å². The predicted molar refractivity (Wildman–Crippen MR) is 94.3 cm³/mol. The predicted octanol–water partition coefficient (Wildman–Crippen LogP) is 0.786. The van der Waals surface area contributed by atoms with Crippen molar-refractivity contribution >= 4 is 17.5 Å². The van der Waals surface area contributed by atoms with Crippen LogP contribution in [0.3, 0.4) is 0 Å². The van der Waals surface area contributed by atoms with E-state index in [0.29, 0.717) is 11.4 Å². The van der Waals surface area contributed by atoms with Crippen molar-refractivity contribution in [1.82, 2.24) is 20.0 Å². The van der Waals surface area contributed by atoms with Gasteiger partial charge in [0.25, 0.3) is 5.91 Å². The molecule has 0 fully saturated rings. The van der Waals surface area contributed by atoms with E-state index in [1.54, 1.807) is 69.5 Å². The SMILES string of the molecule is CNC(C(=O)Nc1ccc(OCC(=O)N(C)C)cc1)c1cnn(C)c1. The van der Waals surface area contributed by atoms with Gasteiger partial charge in [0.05, 0.1) is 6.20 Å². The Hall–Kier alpha value is -2.87. The van der Waals surface area contributed by atoms with E-state index in [4.69, 9.17) is 4.74 Å². The van der Waals surface area contributed by atoms with Crippen molar-refractivity contribution in [3.05, 3.63) is 42.2 Å². The molecule has 0 saturated carbocycles. The molecule has 0 radical (unpaired) electrons. The molecule has 1 unspecified atom stereocenters. The van der Waals surface area contributed by atoms with Crippen LogP contribution in [-0.2, 0) is 16.6 Å². The zero-order chi connectivity index (χ0) is 18.4. The number of rotatable bonds is 7. The molecule has 1 heterocycles. The highest BCUT2D eigenvalue weighted by atomic mass is 16.5. The molecule has 1 aromatic carbocycles. The van der Waals surface area contributed by atoms with Gasteiger partial charge >= 0.3 is 0 Å². The van der Waals surface area contributed by atoms with Gasteiger partial charge in [0.1, 0.15) is 11.8 Å². The van der Waals surface area contributed by atoms with Crippen LogP contribution in [0.25, 0.3) is 0 Å². The zero-order valence-electron chi connectivity index (χ0n) is 14.8. The topological polar surface area (TPSA) is 88.5 Å². The second-order valence-corrected chi connectivity index (χ2v) is 5.76. The molecule has 2 rings (SSSR count). The molecule has 2 aromatic rings. The lowest BCUT2D eigenvalue weighted by atomic mass is 10.1. The Morgan fingerprint density at radius 2 is 1.96 bits per heavy atom. The Morgan fingerprint density at radius 3 is 2.48 bits per heavy atom. The molecule has 0 bridgehead atoms. The molecule has 2 amide bonds. The first kappa shape index (κ1) is 18.5. The molecule has 8 heteroatoms. The van der Waals surface area contributed by atoms with Crippen LogP contribution in [-0.4, -0.2) is 54.2 Å². The van der Waals surface area contributed by atoms with Gasteiger partial charge in [-0.3, -0.25) is 14.3 Å². The fourth-order valence-electron chi connectivity index (χ4n) is 2.16. The molecule has 1 atom stereocenters. The first-order valence-corrected chi connectivity index (χ1v) is 7.80. The van der Waals surface area contributed by atoms with Crippen molar-refractivity contribution < 1.29 is 14.3 Å². The number of nitrogens with one attached hydrogen (secondary N) is 2. The number of ether oxygens (including phenoxy) is 1. The summed E-state index contributed by atoms with van der Waals surface area (Å²) in [5.74, 6) is 0.253. The second kappa shape index (κ2) is 8.29.